The van der Waals surface area contributed by atoms with Crippen LogP contribution in [0.3, 0.4) is 0 Å². The van der Waals surface area contributed by atoms with Crippen LogP contribution in [0.15, 0.2) is 48.5 Å². The van der Waals surface area contributed by atoms with Gasteiger partial charge >= 0.3 is 0 Å². The molecule has 0 amide bonds. The summed E-state index contributed by atoms with van der Waals surface area (Å²) in [5.41, 5.74) is 4.92. The molecule has 2 aromatic carbocycles. The first-order valence-corrected chi connectivity index (χ1v) is 6.28. The summed E-state index contributed by atoms with van der Waals surface area (Å²) >= 11 is 0. The highest BCUT2D eigenvalue weighted by molar-refractivity contribution is 5.80. The van der Waals surface area contributed by atoms with Crippen molar-refractivity contribution in [3.05, 3.63) is 70.8 Å². The number of benzene rings is 2. The third-order valence-corrected chi connectivity index (χ3v) is 3.36. The second-order valence-electron chi connectivity index (χ2n) is 4.76. The van der Waals surface area contributed by atoms with Crippen LogP contribution in [0, 0.1) is 6.92 Å². The molecule has 0 spiro atoms. The van der Waals surface area contributed by atoms with Crippen LogP contribution in [-0.4, -0.2) is 0 Å². The summed E-state index contributed by atoms with van der Waals surface area (Å²) in [6, 6.07) is 16.9. The first-order chi connectivity index (χ1) is 8.74. The van der Waals surface area contributed by atoms with Crippen molar-refractivity contribution in [3.8, 4) is 0 Å². The molecular formula is C17H16O. The molecule has 1 aliphatic heterocycles. The van der Waals surface area contributed by atoms with Gasteiger partial charge in [-0.1, -0.05) is 54.1 Å². The van der Waals surface area contributed by atoms with Gasteiger partial charge in [-0.15, -0.1) is 0 Å². The van der Waals surface area contributed by atoms with Crippen molar-refractivity contribution in [2.75, 3.05) is 0 Å². The van der Waals surface area contributed by atoms with Gasteiger partial charge in [0.05, 0.1) is 0 Å². The zero-order valence-electron chi connectivity index (χ0n) is 10.7. The third-order valence-electron chi connectivity index (χ3n) is 3.36. The molecule has 0 bridgehead atoms. The van der Waals surface area contributed by atoms with E-state index in [0.29, 0.717) is 0 Å². The van der Waals surface area contributed by atoms with Gasteiger partial charge in [0.25, 0.3) is 0 Å². The van der Waals surface area contributed by atoms with Gasteiger partial charge in [-0.05, 0) is 31.1 Å². The summed E-state index contributed by atoms with van der Waals surface area (Å²) in [6.45, 7) is 4.19. The first-order valence-electron chi connectivity index (χ1n) is 6.28. The van der Waals surface area contributed by atoms with Gasteiger partial charge in [-0.3, -0.25) is 0 Å². The second-order valence-corrected chi connectivity index (χ2v) is 4.76. The molecular weight excluding hydrogens is 220 g/mol. The van der Waals surface area contributed by atoms with Crippen molar-refractivity contribution in [1.82, 2.24) is 0 Å². The Morgan fingerprint density at radius 2 is 1.67 bits per heavy atom. The third kappa shape index (κ3) is 1.92. The van der Waals surface area contributed by atoms with Crippen LogP contribution in [0.5, 0.6) is 0 Å². The molecule has 1 aliphatic rings. The number of hydrogen-bond acceptors (Lipinski definition) is 1. The van der Waals surface area contributed by atoms with Crippen molar-refractivity contribution < 1.29 is 4.74 Å². The van der Waals surface area contributed by atoms with E-state index in [-0.39, 0.29) is 6.10 Å². The molecule has 18 heavy (non-hydrogen) atoms. The summed E-state index contributed by atoms with van der Waals surface area (Å²) in [4.78, 5) is 0. The van der Waals surface area contributed by atoms with Crippen LogP contribution in [0.1, 0.15) is 35.3 Å². The molecule has 0 radical (unpaired) electrons. The Labute approximate surface area is 108 Å². The molecule has 3 rings (SSSR count). The molecule has 1 heteroatoms. The molecule has 0 N–H and O–H groups in total. The lowest BCUT2D eigenvalue weighted by molar-refractivity contribution is 0.186. The minimum Gasteiger partial charge on any atom is -0.485 e. The van der Waals surface area contributed by atoms with Crippen molar-refractivity contribution in [3.63, 3.8) is 0 Å². The van der Waals surface area contributed by atoms with Gasteiger partial charge in [-0.25, -0.2) is 0 Å². The zero-order chi connectivity index (χ0) is 12.5. The van der Waals surface area contributed by atoms with Crippen LogP contribution in [0.4, 0.5) is 0 Å². The van der Waals surface area contributed by atoms with Crippen LogP contribution in [-0.2, 0) is 4.74 Å². The average Bonchev–Trinajstić information content (AvgIpc) is 2.39. The predicted molar refractivity (Wildman–Crippen MR) is 75.0 cm³/mol. The topological polar surface area (TPSA) is 9.23 Å². The lowest BCUT2D eigenvalue weighted by atomic mass is 9.98. The van der Waals surface area contributed by atoms with E-state index in [1.807, 2.05) is 0 Å². The molecule has 1 atom stereocenters. The average molecular weight is 236 g/mol. The molecule has 0 fully saturated rings. The fraction of sp³-hybridized carbons (Fsp3) is 0.176. The van der Waals surface area contributed by atoms with Crippen molar-refractivity contribution in [2.45, 2.75) is 20.0 Å². The zero-order valence-corrected chi connectivity index (χ0v) is 10.7. The fourth-order valence-electron chi connectivity index (χ4n) is 2.31. The summed E-state index contributed by atoms with van der Waals surface area (Å²) in [6.07, 6.45) is 2.24. The van der Waals surface area contributed by atoms with Crippen molar-refractivity contribution >= 4 is 11.8 Å². The molecule has 1 heterocycles. The molecule has 0 saturated heterocycles. The van der Waals surface area contributed by atoms with E-state index in [0.717, 1.165) is 11.3 Å². The van der Waals surface area contributed by atoms with E-state index in [1.54, 1.807) is 0 Å². The lowest BCUT2D eigenvalue weighted by Crippen LogP contribution is -2.06. The summed E-state index contributed by atoms with van der Waals surface area (Å²) in [5, 5.41) is 0. The smallest absolute Gasteiger partial charge is 0.128 e. The fourth-order valence-corrected chi connectivity index (χ4v) is 2.31. The Morgan fingerprint density at radius 1 is 0.944 bits per heavy atom. The molecule has 0 aromatic heterocycles. The maximum atomic E-state index is 6.00. The highest BCUT2D eigenvalue weighted by Gasteiger charge is 2.18. The number of ether oxygens (including phenoxy) is 1. The Hall–Kier alpha value is -2.02. The van der Waals surface area contributed by atoms with E-state index in [4.69, 9.17) is 4.74 Å². The summed E-state index contributed by atoms with van der Waals surface area (Å²) < 4.78 is 6.00. The van der Waals surface area contributed by atoms with Gasteiger partial charge in [0, 0.05) is 5.56 Å². The normalized spacial score (nSPS) is 17.7. The highest BCUT2D eigenvalue weighted by atomic mass is 16.5. The largest absolute Gasteiger partial charge is 0.485 e. The molecule has 0 aliphatic carbocycles. The molecule has 0 saturated carbocycles. The Bertz CT molecular complexity index is 593. The van der Waals surface area contributed by atoms with Crippen LogP contribution >= 0.6 is 0 Å². The van der Waals surface area contributed by atoms with Crippen molar-refractivity contribution in [1.29, 1.82) is 0 Å². The van der Waals surface area contributed by atoms with Gasteiger partial charge in [0.15, 0.2) is 0 Å². The number of hydrogen-bond donors (Lipinski definition) is 0. The number of fused-ring (bicyclic) bond motifs is 1. The monoisotopic (exact) mass is 236 g/mol. The minimum absolute atomic E-state index is 0.113. The predicted octanol–water partition coefficient (Wildman–Crippen LogP) is 4.58. The van der Waals surface area contributed by atoms with E-state index in [1.165, 1.54) is 16.7 Å². The maximum absolute atomic E-state index is 6.00. The quantitative estimate of drug-likeness (QED) is 0.704. The summed E-state index contributed by atoms with van der Waals surface area (Å²) in [5.74, 6) is 0.959. The number of rotatable bonds is 1. The Kier molecular flexibility index (Phi) is 2.67. The SMILES string of the molecule is Cc1ccc(C2=Cc3ccccc3[C@H](C)O2)cc1. The van der Waals surface area contributed by atoms with Gasteiger partial charge < -0.3 is 4.74 Å². The van der Waals surface area contributed by atoms with E-state index >= 15 is 0 Å². The second kappa shape index (κ2) is 4.34. The molecule has 0 unspecified atom stereocenters. The first kappa shape index (κ1) is 11.1. The standard InChI is InChI=1S/C17H16O/c1-12-7-9-14(10-8-12)17-11-15-5-3-4-6-16(15)13(2)18-17/h3-11,13H,1-2H3/t13-/m0/s1. The highest BCUT2D eigenvalue weighted by Crippen LogP contribution is 2.34. The Balaban J connectivity index is 2.05. The maximum Gasteiger partial charge on any atom is 0.128 e. The van der Waals surface area contributed by atoms with Crippen LogP contribution < -0.4 is 0 Å². The minimum atomic E-state index is 0.113. The van der Waals surface area contributed by atoms with Crippen LogP contribution in [0.25, 0.3) is 11.8 Å². The van der Waals surface area contributed by atoms with Gasteiger partial charge in [0.1, 0.15) is 11.9 Å². The summed E-state index contributed by atoms with van der Waals surface area (Å²) in [7, 11) is 0. The van der Waals surface area contributed by atoms with E-state index in [2.05, 4.69) is 68.5 Å². The van der Waals surface area contributed by atoms with Gasteiger partial charge in [-0.2, -0.15) is 0 Å². The van der Waals surface area contributed by atoms with Crippen molar-refractivity contribution in [2.24, 2.45) is 0 Å². The molecule has 90 valence electrons. The molecule has 1 nitrogen and oxygen atoms in total. The lowest BCUT2D eigenvalue weighted by Gasteiger charge is -2.24. The molecule has 2 aromatic rings. The number of aryl methyl sites for hydroxylation is 1. The Morgan fingerprint density at radius 3 is 2.44 bits per heavy atom. The van der Waals surface area contributed by atoms with Gasteiger partial charge in [0.2, 0.25) is 0 Å². The van der Waals surface area contributed by atoms with E-state index < -0.39 is 0 Å². The van der Waals surface area contributed by atoms with E-state index in [9.17, 15) is 0 Å². The van der Waals surface area contributed by atoms with Crippen LogP contribution in [0.2, 0.25) is 0 Å².